The van der Waals surface area contributed by atoms with Gasteiger partial charge in [-0.2, -0.15) is 11.8 Å². The molecular formula is C14H23NO3S. The van der Waals surface area contributed by atoms with Crippen molar-refractivity contribution in [3.05, 3.63) is 12.2 Å². The van der Waals surface area contributed by atoms with Gasteiger partial charge in [0.25, 0.3) is 0 Å². The Morgan fingerprint density at radius 3 is 2.42 bits per heavy atom. The van der Waals surface area contributed by atoms with Crippen LogP contribution in [0.2, 0.25) is 0 Å². The molecule has 0 bridgehead atoms. The number of allylic oxidation sites excluding steroid dienone is 2. The first kappa shape index (κ1) is 16.1. The summed E-state index contributed by atoms with van der Waals surface area (Å²) in [7, 11) is 1.80. The molecule has 19 heavy (non-hydrogen) atoms. The van der Waals surface area contributed by atoms with Crippen molar-refractivity contribution in [1.29, 1.82) is 0 Å². The summed E-state index contributed by atoms with van der Waals surface area (Å²) in [6, 6.07) is 0.183. The van der Waals surface area contributed by atoms with Gasteiger partial charge in [-0.3, -0.25) is 9.59 Å². The first-order valence-corrected chi connectivity index (χ1v) is 8.05. The van der Waals surface area contributed by atoms with E-state index in [2.05, 4.69) is 6.92 Å². The molecule has 0 aromatic rings. The van der Waals surface area contributed by atoms with Crippen LogP contribution < -0.4 is 0 Å². The Balaban J connectivity index is 2.79. The van der Waals surface area contributed by atoms with E-state index >= 15 is 0 Å². The summed E-state index contributed by atoms with van der Waals surface area (Å²) in [6.45, 7) is 2.06. The average Bonchev–Trinajstić information content (AvgIpc) is 2.43. The monoisotopic (exact) mass is 285 g/mol. The molecule has 0 saturated carbocycles. The SMILES string of the molecule is CCC(CSC)N(C)C(=O)C1CC=CCC1C(=O)O. The molecular weight excluding hydrogens is 262 g/mol. The minimum Gasteiger partial charge on any atom is -0.481 e. The molecule has 0 radical (unpaired) electrons. The zero-order chi connectivity index (χ0) is 14.4. The summed E-state index contributed by atoms with van der Waals surface area (Å²) in [5, 5.41) is 9.23. The van der Waals surface area contributed by atoms with Crippen LogP contribution in [0.3, 0.4) is 0 Å². The number of hydrogen-bond donors (Lipinski definition) is 1. The Morgan fingerprint density at radius 2 is 1.95 bits per heavy atom. The van der Waals surface area contributed by atoms with Crippen molar-refractivity contribution in [1.82, 2.24) is 4.90 Å². The van der Waals surface area contributed by atoms with Gasteiger partial charge in [-0.15, -0.1) is 0 Å². The lowest BCUT2D eigenvalue weighted by atomic mass is 9.82. The van der Waals surface area contributed by atoms with Crippen LogP contribution in [-0.2, 0) is 9.59 Å². The quantitative estimate of drug-likeness (QED) is 0.761. The van der Waals surface area contributed by atoms with E-state index in [1.807, 2.05) is 18.4 Å². The molecule has 4 nitrogen and oxygen atoms in total. The van der Waals surface area contributed by atoms with E-state index in [4.69, 9.17) is 0 Å². The number of rotatable bonds is 6. The van der Waals surface area contributed by atoms with Gasteiger partial charge < -0.3 is 10.0 Å². The van der Waals surface area contributed by atoms with Crippen molar-refractivity contribution < 1.29 is 14.7 Å². The van der Waals surface area contributed by atoms with Gasteiger partial charge in [0.1, 0.15) is 0 Å². The van der Waals surface area contributed by atoms with E-state index in [9.17, 15) is 14.7 Å². The van der Waals surface area contributed by atoms with Crippen molar-refractivity contribution in [3.63, 3.8) is 0 Å². The number of thioether (sulfide) groups is 1. The molecule has 1 aliphatic rings. The fourth-order valence-electron chi connectivity index (χ4n) is 2.50. The molecule has 0 aromatic heterocycles. The van der Waals surface area contributed by atoms with Crippen molar-refractivity contribution in [2.45, 2.75) is 32.2 Å². The third-order valence-electron chi connectivity index (χ3n) is 3.79. The van der Waals surface area contributed by atoms with Gasteiger partial charge in [-0.05, 0) is 25.5 Å². The Hall–Kier alpha value is -0.970. The second-order valence-corrected chi connectivity index (χ2v) is 5.87. The van der Waals surface area contributed by atoms with Crippen LogP contribution in [0.15, 0.2) is 12.2 Å². The van der Waals surface area contributed by atoms with Gasteiger partial charge >= 0.3 is 5.97 Å². The molecule has 3 atom stereocenters. The van der Waals surface area contributed by atoms with E-state index < -0.39 is 17.8 Å². The summed E-state index contributed by atoms with van der Waals surface area (Å²) in [5.74, 6) is -0.999. The van der Waals surface area contributed by atoms with E-state index in [-0.39, 0.29) is 11.9 Å². The Bertz CT molecular complexity index is 357. The number of carboxylic acids is 1. The molecule has 0 fully saturated rings. The fraction of sp³-hybridized carbons (Fsp3) is 0.714. The zero-order valence-electron chi connectivity index (χ0n) is 11.8. The predicted octanol–water partition coefficient (Wildman–Crippen LogP) is 2.25. The van der Waals surface area contributed by atoms with Gasteiger partial charge in [0.15, 0.2) is 0 Å². The van der Waals surface area contributed by atoms with Crippen molar-refractivity contribution in [3.8, 4) is 0 Å². The second-order valence-electron chi connectivity index (χ2n) is 4.96. The van der Waals surface area contributed by atoms with Crippen molar-refractivity contribution in [2.75, 3.05) is 19.1 Å². The highest BCUT2D eigenvalue weighted by Crippen LogP contribution is 2.28. The minimum atomic E-state index is -0.867. The summed E-state index contributed by atoms with van der Waals surface area (Å²) in [4.78, 5) is 25.5. The van der Waals surface area contributed by atoms with E-state index in [0.29, 0.717) is 12.8 Å². The normalized spacial score (nSPS) is 23.9. The second kappa shape index (κ2) is 7.58. The van der Waals surface area contributed by atoms with E-state index in [1.54, 1.807) is 23.7 Å². The highest BCUT2D eigenvalue weighted by molar-refractivity contribution is 7.98. The smallest absolute Gasteiger partial charge is 0.307 e. The van der Waals surface area contributed by atoms with Crippen molar-refractivity contribution in [2.24, 2.45) is 11.8 Å². The van der Waals surface area contributed by atoms with Crippen LogP contribution in [0.5, 0.6) is 0 Å². The van der Waals surface area contributed by atoms with Crippen LogP contribution in [-0.4, -0.2) is 47.0 Å². The van der Waals surface area contributed by atoms with Gasteiger partial charge in [0.2, 0.25) is 5.91 Å². The third kappa shape index (κ3) is 4.00. The Morgan fingerprint density at radius 1 is 1.37 bits per heavy atom. The maximum Gasteiger partial charge on any atom is 0.307 e. The topological polar surface area (TPSA) is 57.6 Å². The highest BCUT2D eigenvalue weighted by Gasteiger charge is 2.36. The molecule has 0 aliphatic heterocycles. The molecule has 1 rings (SSSR count). The van der Waals surface area contributed by atoms with Gasteiger partial charge in [0.05, 0.1) is 11.8 Å². The first-order valence-electron chi connectivity index (χ1n) is 6.66. The number of hydrogen-bond acceptors (Lipinski definition) is 3. The van der Waals surface area contributed by atoms with E-state index in [0.717, 1.165) is 12.2 Å². The van der Waals surface area contributed by atoms with Crippen LogP contribution in [0.4, 0.5) is 0 Å². The summed E-state index contributed by atoms with van der Waals surface area (Å²) < 4.78 is 0. The molecule has 1 amide bonds. The molecule has 1 aliphatic carbocycles. The zero-order valence-corrected chi connectivity index (χ0v) is 12.7. The maximum atomic E-state index is 12.5. The number of nitrogens with zero attached hydrogens (tertiary/aromatic N) is 1. The largest absolute Gasteiger partial charge is 0.481 e. The van der Waals surface area contributed by atoms with E-state index in [1.165, 1.54) is 0 Å². The van der Waals surface area contributed by atoms with Crippen LogP contribution in [0.1, 0.15) is 26.2 Å². The van der Waals surface area contributed by atoms with Crippen LogP contribution >= 0.6 is 11.8 Å². The number of carbonyl (C=O) groups is 2. The number of aliphatic carboxylic acids is 1. The summed E-state index contributed by atoms with van der Waals surface area (Å²) in [6.07, 6.45) is 7.69. The molecule has 108 valence electrons. The van der Waals surface area contributed by atoms with Gasteiger partial charge in [-0.1, -0.05) is 19.1 Å². The maximum absolute atomic E-state index is 12.5. The van der Waals surface area contributed by atoms with Crippen LogP contribution in [0, 0.1) is 11.8 Å². The fourth-order valence-corrected chi connectivity index (χ4v) is 3.34. The molecule has 0 heterocycles. The van der Waals surface area contributed by atoms with Gasteiger partial charge in [0, 0.05) is 18.8 Å². The molecule has 0 aromatic carbocycles. The number of carbonyl (C=O) groups excluding carboxylic acids is 1. The lowest BCUT2D eigenvalue weighted by Gasteiger charge is -2.33. The Kier molecular flexibility index (Phi) is 6.42. The lowest BCUT2D eigenvalue weighted by Crippen LogP contribution is -2.45. The third-order valence-corrected chi connectivity index (χ3v) is 4.51. The minimum absolute atomic E-state index is 0.0300. The number of amides is 1. The highest BCUT2D eigenvalue weighted by atomic mass is 32.2. The van der Waals surface area contributed by atoms with Crippen molar-refractivity contribution >= 4 is 23.6 Å². The molecule has 1 N–H and O–H groups in total. The Labute approximate surface area is 119 Å². The number of carboxylic acid groups (broad SMARTS) is 1. The van der Waals surface area contributed by atoms with Gasteiger partial charge in [-0.25, -0.2) is 0 Å². The lowest BCUT2D eigenvalue weighted by molar-refractivity contribution is -0.150. The molecule has 0 saturated heterocycles. The first-order chi connectivity index (χ1) is 9.02. The predicted molar refractivity (Wildman–Crippen MR) is 78.2 cm³/mol. The molecule has 5 heteroatoms. The summed E-state index contributed by atoms with van der Waals surface area (Å²) in [5.41, 5.74) is 0. The molecule has 3 unspecified atom stereocenters. The standard InChI is InChI=1S/C14H23NO3S/c1-4-10(9-19-3)15(2)13(16)11-7-5-6-8-12(11)14(17)18/h5-6,10-12H,4,7-9H2,1-3H3,(H,17,18). The summed E-state index contributed by atoms with van der Waals surface area (Å²) >= 11 is 1.71. The van der Waals surface area contributed by atoms with Crippen LogP contribution in [0.25, 0.3) is 0 Å². The average molecular weight is 285 g/mol. The molecule has 0 spiro atoms.